The number of aliphatic hydroxyl groups is 2. The number of hydrogen-bond acceptors (Lipinski definition) is 8. The molecule has 1 fully saturated rings. The van der Waals surface area contributed by atoms with Crippen molar-refractivity contribution in [3.05, 3.63) is 35.9 Å². The summed E-state index contributed by atoms with van der Waals surface area (Å²) < 4.78 is 11.9. The number of nitrogens with one attached hydrogen (secondary N) is 3. The summed E-state index contributed by atoms with van der Waals surface area (Å²) in [6, 6.07) is 5.63. The van der Waals surface area contributed by atoms with E-state index in [0.717, 1.165) is 31.2 Å². The fraction of sp³-hybridized carbons (Fsp3) is 0.744. The van der Waals surface area contributed by atoms with Gasteiger partial charge in [0.1, 0.15) is 18.2 Å². The van der Waals surface area contributed by atoms with Crippen LogP contribution in [-0.4, -0.2) is 76.9 Å². The van der Waals surface area contributed by atoms with Crippen LogP contribution in [0.1, 0.15) is 124 Å². The molecule has 0 radical (unpaired) electrons. The summed E-state index contributed by atoms with van der Waals surface area (Å²) in [5, 5.41) is 29.8. The van der Waals surface area contributed by atoms with Crippen LogP contribution in [0.5, 0.6) is 0 Å². The smallest absolute Gasteiger partial charge is 0.331 e. The number of unbranched alkanes of at least 4 members (excludes halogenated alkanes) is 10. The number of esters is 1. The second-order valence-corrected chi connectivity index (χ2v) is 14.5. The average molecular weight is 704 g/mol. The second kappa shape index (κ2) is 23.5. The van der Waals surface area contributed by atoms with Crippen molar-refractivity contribution in [1.82, 2.24) is 16.0 Å². The van der Waals surface area contributed by atoms with Gasteiger partial charge in [0.2, 0.25) is 17.7 Å². The number of ether oxygens (including phenoxy) is 2. The number of carbonyl (C=O) groups excluding carboxylic acids is 4. The Morgan fingerprint density at radius 2 is 1.30 bits per heavy atom. The Kier molecular flexibility index (Phi) is 20.2. The van der Waals surface area contributed by atoms with Crippen molar-refractivity contribution in [3.63, 3.8) is 0 Å². The van der Waals surface area contributed by atoms with Gasteiger partial charge in [-0.3, -0.25) is 14.4 Å². The molecule has 0 saturated carbocycles. The van der Waals surface area contributed by atoms with Gasteiger partial charge in [-0.05, 0) is 31.2 Å². The van der Waals surface area contributed by atoms with Gasteiger partial charge in [0.05, 0.1) is 31.3 Å². The number of carbonyl (C=O) groups is 4. The Bertz CT molecular complexity index is 1150. The highest BCUT2D eigenvalue weighted by Gasteiger charge is 2.39. The van der Waals surface area contributed by atoms with Crippen molar-refractivity contribution in [2.75, 3.05) is 6.61 Å². The Balaban J connectivity index is 2.27. The molecule has 0 bridgehead atoms. The molecule has 0 spiro atoms. The van der Waals surface area contributed by atoms with E-state index in [1.807, 2.05) is 30.3 Å². The van der Waals surface area contributed by atoms with Gasteiger partial charge in [-0.15, -0.1) is 0 Å². The minimum absolute atomic E-state index is 0.176. The molecule has 11 nitrogen and oxygen atoms in total. The molecule has 8 atom stereocenters. The van der Waals surface area contributed by atoms with Gasteiger partial charge >= 0.3 is 5.97 Å². The standard InChI is InChI=1S/C39H65N3O8/c1-7-8-9-10-11-12-13-14-15-16-20-23-32-27(4)35(44)28(5)36(45)41-33(26(2)3)37(46)42-34(29(6)43)38(47)40-31(39(48)50-32)25-49-24-30-21-18-17-19-22-30/h17-19,21-22,26-29,31-35,43-44H,7-16,20,23-25H2,1-6H3,(H,40,47)(H,41,45)(H,42,46)/t27-,28+,29+,31-,32+,33-,34-,35+/m0/s1. The van der Waals surface area contributed by atoms with Crippen molar-refractivity contribution in [1.29, 1.82) is 0 Å². The summed E-state index contributed by atoms with van der Waals surface area (Å²) in [5.74, 6) is -4.71. The third-order valence-corrected chi connectivity index (χ3v) is 9.72. The molecule has 0 aromatic heterocycles. The second-order valence-electron chi connectivity index (χ2n) is 14.5. The number of amides is 3. The van der Waals surface area contributed by atoms with E-state index in [-0.39, 0.29) is 19.1 Å². The number of cyclic esters (lactones) is 1. The van der Waals surface area contributed by atoms with Gasteiger partial charge in [0.25, 0.3) is 0 Å². The summed E-state index contributed by atoms with van der Waals surface area (Å²) in [6.07, 6.45) is 9.92. The van der Waals surface area contributed by atoms with Gasteiger partial charge in [-0.25, -0.2) is 4.79 Å². The van der Waals surface area contributed by atoms with E-state index >= 15 is 0 Å². The SMILES string of the molecule is CCCCCCCCCCCCC[C@H]1OC(=O)[C@H](COCc2ccccc2)NC(=O)[C@H]([C@@H](C)O)NC(=O)[C@H](C(C)C)NC(=O)[C@H](C)[C@H](O)[C@H]1C. The predicted octanol–water partition coefficient (Wildman–Crippen LogP) is 4.95. The topological polar surface area (TPSA) is 163 Å². The zero-order chi connectivity index (χ0) is 37.1. The van der Waals surface area contributed by atoms with E-state index in [9.17, 15) is 29.4 Å². The number of hydrogen-bond donors (Lipinski definition) is 5. The molecule has 3 amide bonds. The lowest BCUT2D eigenvalue weighted by molar-refractivity contribution is -0.161. The van der Waals surface area contributed by atoms with Gasteiger partial charge in [-0.2, -0.15) is 0 Å². The molecule has 5 N–H and O–H groups in total. The quantitative estimate of drug-likeness (QED) is 0.106. The maximum absolute atomic E-state index is 13.8. The molecule has 1 aromatic rings. The zero-order valence-corrected chi connectivity index (χ0v) is 31.3. The van der Waals surface area contributed by atoms with Gasteiger partial charge in [-0.1, -0.05) is 129 Å². The van der Waals surface area contributed by atoms with Crippen LogP contribution in [0.2, 0.25) is 0 Å². The number of benzene rings is 1. The van der Waals surface area contributed by atoms with Gasteiger partial charge in [0.15, 0.2) is 6.04 Å². The van der Waals surface area contributed by atoms with E-state index in [1.165, 1.54) is 51.9 Å². The molecule has 1 aromatic carbocycles. The Morgan fingerprint density at radius 3 is 1.86 bits per heavy atom. The minimum Gasteiger partial charge on any atom is -0.460 e. The third-order valence-electron chi connectivity index (χ3n) is 9.72. The summed E-state index contributed by atoms with van der Waals surface area (Å²) in [6.45, 7) is 10.3. The predicted molar refractivity (Wildman–Crippen MR) is 194 cm³/mol. The summed E-state index contributed by atoms with van der Waals surface area (Å²) in [7, 11) is 0. The lowest BCUT2D eigenvalue weighted by Gasteiger charge is -2.32. The molecule has 1 aliphatic rings. The first-order chi connectivity index (χ1) is 23.9. The first-order valence-electron chi connectivity index (χ1n) is 19.0. The fourth-order valence-corrected chi connectivity index (χ4v) is 6.27. The summed E-state index contributed by atoms with van der Waals surface area (Å²) in [5.41, 5.74) is 0.871. The lowest BCUT2D eigenvalue weighted by Crippen LogP contribution is -2.60. The first-order valence-corrected chi connectivity index (χ1v) is 19.0. The van der Waals surface area contributed by atoms with Crippen LogP contribution in [0.15, 0.2) is 30.3 Å². The normalized spacial score (nSPS) is 26.3. The highest BCUT2D eigenvalue weighted by Crippen LogP contribution is 2.25. The van der Waals surface area contributed by atoms with Crippen LogP contribution in [-0.2, 0) is 35.3 Å². The molecule has 0 aliphatic carbocycles. The molecule has 0 unspecified atom stereocenters. The van der Waals surface area contributed by atoms with Crippen LogP contribution in [0.25, 0.3) is 0 Å². The molecule has 1 heterocycles. The maximum atomic E-state index is 13.8. The molecule has 2 rings (SSSR count). The lowest BCUT2D eigenvalue weighted by atomic mass is 9.86. The summed E-state index contributed by atoms with van der Waals surface area (Å²) in [4.78, 5) is 54.1. The number of rotatable bonds is 18. The average Bonchev–Trinajstić information content (AvgIpc) is 3.09. The van der Waals surface area contributed by atoms with Gasteiger partial charge < -0.3 is 35.6 Å². The molecule has 1 saturated heterocycles. The third kappa shape index (κ3) is 15.1. The van der Waals surface area contributed by atoms with E-state index < -0.39 is 72.0 Å². The van der Waals surface area contributed by atoms with Crippen LogP contribution in [0, 0.1) is 17.8 Å². The molecular formula is C39H65N3O8. The molecule has 1 aliphatic heterocycles. The van der Waals surface area contributed by atoms with Crippen LogP contribution < -0.4 is 16.0 Å². The highest BCUT2D eigenvalue weighted by atomic mass is 16.6. The Morgan fingerprint density at radius 1 is 0.760 bits per heavy atom. The van der Waals surface area contributed by atoms with E-state index in [0.29, 0.717) is 6.42 Å². The molecule has 284 valence electrons. The van der Waals surface area contributed by atoms with Crippen LogP contribution in [0.3, 0.4) is 0 Å². The monoisotopic (exact) mass is 703 g/mol. The largest absolute Gasteiger partial charge is 0.460 e. The zero-order valence-electron chi connectivity index (χ0n) is 31.3. The minimum atomic E-state index is -1.43. The fourth-order valence-electron chi connectivity index (χ4n) is 6.27. The van der Waals surface area contributed by atoms with Crippen molar-refractivity contribution in [2.24, 2.45) is 17.8 Å². The Labute approximate surface area is 300 Å². The van der Waals surface area contributed by atoms with E-state index in [1.54, 1.807) is 27.7 Å². The van der Waals surface area contributed by atoms with E-state index in [4.69, 9.17) is 9.47 Å². The maximum Gasteiger partial charge on any atom is 0.331 e. The van der Waals surface area contributed by atoms with Gasteiger partial charge in [0, 0.05) is 5.92 Å². The van der Waals surface area contributed by atoms with Crippen molar-refractivity contribution >= 4 is 23.7 Å². The van der Waals surface area contributed by atoms with Crippen molar-refractivity contribution < 1.29 is 38.9 Å². The first kappa shape index (κ1) is 43.1. The number of aliphatic hydroxyl groups excluding tert-OH is 2. The Hall–Kier alpha value is -3.02. The molecule has 50 heavy (non-hydrogen) atoms. The molecule has 11 heteroatoms. The molecular weight excluding hydrogens is 638 g/mol. The van der Waals surface area contributed by atoms with Crippen molar-refractivity contribution in [2.45, 2.75) is 162 Å². The van der Waals surface area contributed by atoms with Crippen LogP contribution >= 0.6 is 0 Å². The summed E-state index contributed by atoms with van der Waals surface area (Å²) >= 11 is 0. The van der Waals surface area contributed by atoms with Crippen LogP contribution in [0.4, 0.5) is 0 Å². The van der Waals surface area contributed by atoms with E-state index in [2.05, 4.69) is 22.9 Å². The highest BCUT2D eigenvalue weighted by molar-refractivity contribution is 5.94. The van der Waals surface area contributed by atoms with Crippen molar-refractivity contribution in [3.8, 4) is 0 Å².